The van der Waals surface area contributed by atoms with Crippen LogP contribution in [0.5, 0.6) is 0 Å². The maximum absolute atomic E-state index is 12.5. The molecular formula is C22H26N2O2. The van der Waals surface area contributed by atoms with Crippen LogP contribution in [0.3, 0.4) is 0 Å². The van der Waals surface area contributed by atoms with Crippen molar-refractivity contribution in [3.63, 3.8) is 0 Å². The predicted octanol–water partition coefficient (Wildman–Crippen LogP) is 4.69. The molecule has 0 spiro atoms. The Morgan fingerprint density at radius 3 is 1.81 bits per heavy atom. The lowest BCUT2D eigenvalue weighted by Crippen LogP contribution is -2.32. The van der Waals surface area contributed by atoms with E-state index in [9.17, 15) is 9.59 Å². The number of benzene rings is 2. The number of rotatable bonds is 4. The quantitative estimate of drug-likeness (QED) is 0.840. The zero-order valence-corrected chi connectivity index (χ0v) is 15.4. The van der Waals surface area contributed by atoms with Gasteiger partial charge in [-0.2, -0.15) is 0 Å². The molecule has 4 heteroatoms. The smallest absolute Gasteiger partial charge is 0.227 e. The number of hydrogen-bond acceptors (Lipinski definition) is 2. The first kappa shape index (κ1) is 18.2. The van der Waals surface area contributed by atoms with Crippen molar-refractivity contribution in [1.29, 1.82) is 0 Å². The Balaban J connectivity index is 1.49. The van der Waals surface area contributed by atoms with Gasteiger partial charge < -0.3 is 10.6 Å². The van der Waals surface area contributed by atoms with E-state index in [0.29, 0.717) is 0 Å². The summed E-state index contributed by atoms with van der Waals surface area (Å²) in [5, 5.41) is 5.99. The molecule has 3 rings (SSSR count). The van der Waals surface area contributed by atoms with Crippen LogP contribution in [0.25, 0.3) is 0 Å². The monoisotopic (exact) mass is 350 g/mol. The van der Waals surface area contributed by atoms with Gasteiger partial charge in [0.05, 0.1) is 0 Å². The fourth-order valence-corrected chi connectivity index (χ4v) is 3.47. The second kappa shape index (κ2) is 8.17. The summed E-state index contributed by atoms with van der Waals surface area (Å²) in [4.78, 5) is 24.9. The fraction of sp³-hybridized carbons (Fsp3) is 0.364. The van der Waals surface area contributed by atoms with Gasteiger partial charge in [-0.25, -0.2) is 0 Å². The van der Waals surface area contributed by atoms with Crippen molar-refractivity contribution in [2.75, 3.05) is 10.6 Å². The largest absolute Gasteiger partial charge is 0.326 e. The van der Waals surface area contributed by atoms with Crippen LogP contribution in [0.1, 0.15) is 36.8 Å². The molecule has 1 aliphatic rings. The van der Waals surface area contributed by atoms with Crippen molar-refractivity contribution in [3.8, 4) is 0 Å². The molecule has 1 aliphatic carbocycles. The second-order valence-corrected chi connectivity index (χ2v) is 7.26. The maximum atomic E-state index is 12.5. The van der Waals surface area contributed by atoms with Crippen LogP contribution in [-0.4, -0.2) is 11.8 Å². The molecule has 0 saturated heterocycles. The lowest BCUT2D eigenvalue weighted by molar-refractivity contribution is -0.125. The van der Waals surface area contributed by atoms with Crippen LogP contribution in [0.4, 0.5) is 11.4 Å². The normalized spacial score (nSPS) is 19.6. The average molecular weight is 350 g/mol. The van der Waals surface area contributed by atoms with E-state index in [4.69, 9.17) is 0 Å². The van der Waals surface area contributed by atoms with E-state index >= 15 is 0 Å². The summed E-state index contributed by atoms with van der Waals surface area (Å²) >= 11 is 0. The summed E-state index contributed by atoms with van der Waals surface area (Å²) in [6.07, 6.45) is 3.01. The summed E-state index contributed by atoms with van der Waals surface area (Å²) in [6.45, 7) is 4.03. The first-order valence-corrected chi connectivity index (χ1v) is 9.26. The van der Waals surface area contributed by atoms with Crippen LogP contribution in [0.15, 0.2) is 48.5 Å². The third kappa shape index (κ3) is 4.72. The summed E-state index contributed by atoms with van der Waals surface area (Å²) in [5.41, 5.74) is 3.97. The highest BCUT2D eigenvalue weighted by atomic mass is 16.2. The van der Waals surface area contributed by atoms with Gasteiger partial charge in [0.1, 0.15) is 0 Å². The Morgan fingerprint density at radius 2 is 1.27 bits per heavy atom. The summed E-state index contributed by atoms with van der Waals surface area (Å²) in [7, 11) is 0. The van der Waals surface area contributed by atoms with Crippen molar-refractivity contribution in [3.05, 3.63) is 59.7 Å². The standard InChI is InChI=1S/C22H26N2O2/c1-15-6-12-19(13-7-15)23-21(25)17-8-10-18(11-9-17)22(26)24-20-5-3-4-16(2)14-20/h3-7,12-14,17-18H,8-11H2,1-2H3,(H,23,25)(H,24,26). The van der Waals surface area contributed by atoms with Crippen molar-refractivity contribution in [2.24, 2.45) is 11.8 Å². The van der Waals surface area contributed by atoms with E-state index in [2.05, 4.69) is 10.6 Å². The number of hydrogen-bond donors (Lipinski definition) is 2. The number of nitrogens with one attached hydrogen (secondary N) is 2. The first-order chi connectivity index (χ1) is 12.5. The summed E-state index contributed by atoms with van der Waals surface area (Å²) in [6, 6.07) is 15.7. The molecule has 1 saturated carbocycles. The third-order valence-electron chi connectivity index (χ3n) is 5.07. The van der Waals surface area contributed by atoms with Gasteiger partial charge >= 0.3 is 0 Å². The van der Waals surface area contributed by atoms with Crippen molar-refractivity contribution >= 4 is 23.2 Å². The van der Waals surface area contributed by atoms with E-state index in [1.807, 2.05) is 62.4 Å². The number of carbonyl (C=O) groups excluding carboxylic acids is 2. The molecule has 2 aromatic rings. The molecule has 4 nitrogen and oxygen atoms in total. The highest BCUT2D eigenvalue weighted by molar-refractivity contribution is 5.94. The summed E-state index contributed by atoms with van der Waals surface area (Å²) < 4.78 is 0. The highest BCUT2D eigenvalue weighted by Gasteiger charge is 2.30. The van der Waals surface area contributed by atoms with Gasteiger partial charge in [0.25, 0.3) is 0 Å². The molecule has 0 aliphatic heterocycles. The van der Waals surface area contributed by atoms with Crippen molar-refractivity contribution in [1.82, 2.24) is 0 Å². The van der Waals surface area contributed by atoms with E-state index in [1.54, 1.807) is 0 Å². The van der Waals surface area contributed by atoms with Crippen LogP contribution in [-0.2, 0) is 9.59 Å². The first-order valence-electron chi connectivity index (χ1n) is 9.26. The van der Waals surface area contributed by atoms with Gasteiger partial charge in [0, 0.05) is 23.2 Å². The number of amides is 2. The van der Waals surface area contributed by atoms with E-state index in [0.717, 1.165) is 42.6 Å². The topological polar surface area (TPSA) is 58.2 Å². The Hall–Kier alpha value is -2.62. The molecule has 136 valence electrons. The Morgan fingerprint density at radius 1 is 0.731 bits per heavy atom. The maximum Gasteiger partial charge on any atom is 0.227 e. The number of anilines is 2. The molecule has 2 aromatic carbocycles. The van der Waals surface area contributed by atoms with Gasteiger partial charge in [-0.1, -0.05) is 29.8 Å². The van der Waals surface area contributed by atoms with E-state index in [-0.39, 0.29) is 23.7 Å². The number of carbonyl (C=O) groups is 2. The van der Waals surface area contributed by atoms with E-state index < -0.39 is 0 Å². The van der Waals surface area contributed by atoms with Crippen LogP contribution < -0.4 is 10.6 Å². The minimum atomic E-state index is -0.0149. The molecule has 2 amide bonds. The van der Waals surface area contributed by atoms with Gasteiger partial charge in [0.15, 0.2) is 0 Å². The molecule has 0 atom stereocenters. The third-order valence-corrected chi connectivity index (χ3v) is 5.07. The minimum Gasteiger partial charge on any atom is -0.326 e. The minimum absolute atomic E-state index is 0.0145. The van der Waals surface area contributed by atoms with Gasteiger partial charge in [0.2, 0.25) is 11.8 Å². The molecule has 0 bridgehead atoms. The fourth-order valence-electron chi connectivity index (χ4n) is 3.47. The van der Waals surface area contributed by atoms with Gasteiger partial charge in [-0.15, -0.1) is 0 Å². The SMILES string of the molecule is Cc1ccc(NC(=O)C2CCC(C(=O)Nc3cccc(C)c3)CC2)cc1. The molecule has 0 radical (unpaired) electrons. The molecule has 26 heavy (non-hydrogen) atoms. The van der Waals surface area contributed by atoms with E-state index in [1.165, 1.54) is 5.56 Å². The van der Waals surface area contributed by atoms with Crippen LogP contribution in [0, 0.1) is 25.7 Å². The highest BCUT2D eigenvalue weighted by Crippen LogP contribution is 2.30. The second-order valence-electron chi connectivity index (χ2n) is 7.26. The van der Waals surface area contributed by atoms with Crippen LogP contribution in [0.2, 0.25) is 0 Å². The molecule has 2 N–H and O–H groups in total. The zero-order chi connectivity index (χ0) is 18.5. The Bertz CT molecular complexity index is 775. The van der Waals surface area contributed by atoms with Crippen molar-refractivity contribution in [2.45, 2.75) is 39.5 Å². The predicted molar refractivity (Wildman–Crippen MR) is 105 cm³/mol. The number of aryl methyl sites for hydroxylation is 2. The molecule has 1 fully saturated rings. The van der Waals surface area contributed by atoms with Gasteiger partial charge in [-0.3, -0.25) is 9.59 Å². The summed E-state index contributed by atoms with van der Waals surface area (Å²) in [5.74, 6) is 0.0950. The van der Waals surface area contributed by atoms with Gasteiger partial charge in [-0.05, 0) is 69.4 Å². The molecule has 0 aromatic heterocycles. The Labute approximate surface area is 155 Å². The molecule has 0 unspecified atom stereocenters. The van der Waals surface area contributed by atoms with Crippen LogP contribution >= 0.6 is 0 Å². The zero-order valence-electron chi connectivity index (χ0n) is 15.4. The molecule has 0 heterocycles. The lowest BCUT2D eigenvalue weighted by atomic mass is 9.81. The van der Waals surface area contributed by atoms with Crippen molar-refractivity contribution < 1.29 is 9.59 Å². The average Bonchev–Trinajstić information content (AvgIpc) is 2.64. The molecular weight excluding hydrogens is 324 g/mol. The lowest BCUT2D eigenvalue weighted by Gasteiger charge is -2.27. The Kier molecular flexibility index (Phi) is 5.71.